The lowest BCUT2D eigenvalue weighted by Gasteiger charge is -2.22. The van der Waals surface area contributed by atoms with Gasteiger partial charge in [0.05, 0.1) is 18.8 Å². The summed E-state index contributed by atoms with van der Waals surface area (Å²) in [5.74, 6) is -0.173. The van der Waals surface area contributed by atoms with E-state index in [1.165, 1.54) is 11.3 Å². The van der Waals surface area contributed by atoms with Crippen LogP contribution in [0.4, 0.5) is 10.8 Å². The Morgan fingerprint density at radius 3 is 2.64 bits per heavy atom. The molecule has 3 rings (SSSR count). The van der Waals surface area contributed by atoms with E-state index < -0.39 is 0 Å². The first-order chi connectivity index (χ1) is 12.3. The van der Waals surface area contributed by atoms with Crippen LogP contribution < -0.4 is 10.2 Å². The summed E-state index contributed by atoms with van der Waals surface area (Å²) in [4.78, 5) is 22.6. The number of carbonyl (C=O) groups is 1. The van der Waals surface area contributed by atoms with E-state index in [0.29, 0.717) is 11.7 Å². The zero-order valence-electron chi connectivity index (χ0n) is 13.5. The van der Waals surface area contributed by atoms with E-state index in [2.05, 4.69) is 15.3 Å². The third kappa shape index (κ3) is 4.62. The van der Waals surface area contributed by atoms with Gasteiger partial charge in [0.2, 0.25) is 5.91 Å². The molecule has 0 saturated heterocycles. The van der Waals surface area contributed by atoms with Gasteiger partial charge >= 0.3 is 0 Å². The molecule has 6 nitrogen and oxygen atoms in total. The van der Waals surface area contributed by atoms with E-state index in [0.717, 1.165) is 16.9 Å². The summed E-state index contributed by atoms with van der Waals surface area (Å²) >= 11 is 1.38. The number of para-hydroxylation sites is 1. The minimum absolute atomic E-state index is 0.0222. The number of carbonyl (C=O) groups excluding carboxylic acids is 1. The summed E-state index contributed by atoms with van der Waals surface area (Å²) in [6.45, 7) is 0.512. The van der Waals surface area contributed by atoms with Crippen molar-refractivity contribution < 1.29 is 9.90 Å². The molecule has 2 aromatic heterocycles. The summed E-state index contributed by atoms with van der Waals surface area (Å²) in [5.41, 5.74) is 2.65. The average Bonchev–Trinajstić information content (AvgIpc) is 3.11. The summed E-state index contributed by atoms with van der Waals surface area (Å²) in [6.07, 6.45) is 3.42. The first-order valence-electron chi connectivity index (χ1n) is 7.83. The maximum atomic E-state index is 12.3. The molecule has 0 atom stereocenters. The summed E-state index contributed by atoms with van der Waals surface area (Å²) < 4.78 is 0. The Morgan fingerprint density at radius 2 is 1.92 bits per heavy atom. The summed E-state index contributed by atoms with van der Waals surface area (Å²) in [5, 5.41) is 14.5. The number of hydrogen-bond donors (Lipinski definition) is 2. The first-order valence-corrected chi connectivity index (χ1v) is 8.71. The Bertz CT molecular complexity index is 808. The number of aromatic nitrogens is 2. The van der Waals surface area contributed by atoms with Gasteiger partial charge in [-0.2, -0.15) is 0 Å². The van der Waals surface area contributed by atoms with Crippen LogP contribution >= 0.6 is 11.3 Å². The Morgan fingerprint density at radius 1 is 1.16 bits per heavy atom. The molecule has 0 aliphatic carbocycles. The fourth-order valence-corrected chi connectivity index (χ4v) is 3.11. The molecule has 0 saturated carbocycles. The van der Waals surface area contributed by atoms with Gasteiger partial charge in [0.25, 0.3) is 0 Å². The standard InChI is InChI=1S/C18H18N4O2S/c23-11-10-22(15-4-2-1-3-5-15)12-17(24)21-18-20-16(13-25-18)14-6-8-19-9-7-14/h1-9,13,23H,10-12H2,(H,20,21,24). The molecule has 0 spiro atoms. The van der Waals surface area contributed by atoms with Crippen LogP contribution in [0.15, 0.2) is 60.2 Å². The molecule has 2 N–H and O–H groups in total. The van der Waals surface area contributed by atoms with Crippen LogP contribution in [0.5, 0.6) is 0 Å². The van der Waals surface area contributed by atoms with Gasteiger partial charge < -0.3 is 15.3 Å². The van der Waals surface area contributed by atoms with Gasteiger partial charge in [-0.25, -0.2) is 4.98 Å². The Labute approximate surface area is 149 Å². The Kier molecular flexibility index (Phi) is 5.71. The minimum Gasteiger partial charge on any atom is -0.395 e. The predicted molar refractivity (Wildman–Crippen MR) is 99.7 cm³/mol. The maximum absolute atomic E-state index is 12.3. The van der Waals surface area contributed by atoms with Gasteiger partial charge in [-0.05, 0) is 24.3 Å². The molecular formula is C18H18N4O2S. The third-order valence-corrected chi connectivity index (χ3v) is 4.31. The molecule has 1 amide bonds. The van der Waals surface area contributed by atoms with Gasteiger partial charge in [-0.3, -0.25) is 9.78 Å². The monoisotopic (exact) mass is 354 g/mol. The molecule has 0 unspecified atom stereocenters. The van der Waals surface area contributed by atoms with Crippen LogP contribution in [0.2, 0.25) is 0 Å². The fraction of sp³-hybridized carbons (Fsp3) is 0.167. The van der Waals surface area contributed by atoms with Crippen molar-refractivity contribution in [1.82, 2.24) is 9.97 Å². The topological polar surface area (TPSA) is 78.4 Å². The van der Waals surface area contributed by atoms with Crippen LogP contribution in [0.25, 0.3) is 11.3 Å². The number of thiazole rings is 1. The van der Waals surface area contributed by atoms with E-state index in [1.54, 1.807) is 12.4 Å². The van der Waals surface area contributed by atoms with Gasteiger partial charge in [0.15, 0.2) is 5.13 Å². The van der Waals surface area contributed by atoms with Crippen molar-refractivity contribution in [2.75, 3.05) is 29.9 Å². The normalized spacial score (nSPS) is 10.4. The summed E-state index contributed by atoms with van der Waals surface area (Å²) in [6, 6.07) is 13.3. The number of aliphatic hydroxyl groups excluding tert-OH is 1. The van der Waals surface area contributed by atoms with Crippen molar-refractivity contribution in [3.63, 3.8) is 0 Å². The van der Waals surface area contributed by atoms with Crippen molar-refractivity contribution in [2.45, 2.75) is 0 Å². The number of hydrogen-bond acceptors (Lipinski definition) is 6. The molecule has 0 radical (unpaired) electrons. The number of nitrogens with one attached hydrogen (secondary N) is 1. The second-order valence-corrected chi connectivity index (χ2v) is 6.16. The highest BCUT2D eigenvalue weighted by atomic mass is 32.1. The molecule has 128 valence electrons. The van der Waals surface area contributed by atoms with Crippen molar-refractivity contribution in [1.29, 1.82) is 0 Å². The lowest BCUT2D eigenvalue weighted by Crippen LogP contribution is -2.35. The minimum atomic E-state index is -0.173. The lowest BCUT2D eigenvalue weighted by molar-refractivity contribution is -0.115. The third-order valence-electron chi connectivity index (χ3n) is 3.55. The maximum Gasteiger partial charge on any atom is 0.245 e. The molecule has 0 fully saturated rings. The second-order valence-electron chi connectivity index (χ2n) is 5.30. The molecule has 0 aliphatic heterocycles. The number of anilines is 2. The molecule has 0 aliphatic rings. The molecule has 1 aromatic carbocycles. The number of pyridine rings is 1. The van der Waals surface area contributed by atoms with E-state index in [9.17, 15) is 9.90 Å². The lowest BCUT2D eigenvalue weighted by atomic mass is 10.2. The van der Waals surface area contributed by atoms with Crippen LogP contribution in [0.3, 0.4) is 0 Å². The average molecular weight is 354 g/mol. The highest BCUT2D eigenvalue weighted by Crippen LogP contribution is 2.24. The van der Waals surface area contributed by atoms with Gasteiger partial charge in [-0.1, -0.05) is 18.2 Å². The van der Waals surface area contributed by atoms with E-state index >= 15 is 0 Å². The highest BCUT2D eigenvalue weighted by Gasteiger charge is 2.13. The van der Waals surface area contributed by atoms with Gasteiger partial charge in [0, 0.05) is 35.6 Å². The first kappa shape index (κ1) is 17.1. The predicted octanol–water partition coefficient (Wildman–Crippen LogP) is 2.64. The Balaban J connectivity index is 1.65. The molecule has 2 heterocycles. The second kappa shape index (κ2) is 8.36. The number of amides is 1. The van der Waals surface area contributed by atoms with Crippen molar-refractivity contribution in [2.24, 2.45) is 0 Å². The largest absolute Gasteiger partial charge is 0.395 e. The number of nitrogens with zero attached hydrogens (tertiary/aromatic N) is 3. The van der Waals surface area contributed by atoms with E-state index in [1.807, 2.05) is 52.7 Å². The highest BCUT2D eigenvalue weighted by molar-refractivity contribution is 7.14. The number of rotatable bonds is 7. The van der Waals surface area contributed by atoms with Gasteiger partial charge in [-0.15, -0.1) is 11.3 Å². The van der Waals surface area contributed by atoms with Gasteiger partial charge in [0.1, 0.15) is 0 Å². The number of benzene rings is 1. The fourth-order valence-electron chi connectivity index (χ4n) is 2.38. The van der Waals surface area contributed by atoms with Crippen LogP contribution in [-0.2, 0) is 4.79 Å². The van der Waals surface area contributed by atoms with Crippen molar-refractivity contribution in [3.8, 4) is 11.3 Å². The Hall–Kier alpha value is -2.77. The molecule has 25 heavy (non-hydrogen) atoms. The number of aliphatic hydroxyl groups is 1. The van der Waals surface area contributed by atoms with Crippen molar-refractivity contribution in [3.05, 3.63) is 60.2 Å². The van der Waals surface area contributed by atoms with Crippen LogP contribution in [0.1, 0.15) is 0 Å². The van der Waals surface area contributed by atoms with E-state index in [4.69, 9.17) is 0 Å². The smallest absolute Gasteiger partial charge is 0.245 e. The zero-order chi connectivity index (χ0) is 17.5. The molecule has 7 heteroatoms. The molecule has 0 bridgehead atoms. The summed E-state index contributed by atoms with van der Waals surface area (Å²) in [7, 11) is 0. The van der Waals surface area contributed by atoms with E-state index in [-0.39, 0.29) is 19.1 Å². The molecule has 3 aromatic rings. The van der Waals surface area contributed by atoms with Crippen LogP contribution in [0, 0.1) is 0 Å². The SMILES string of the molecule is O=C(CN(CCO)c1ccccc1)Nc1nc(-c2ccncc2)cs1. The molecular weight excluding hydrogens is 336 g/mol. The van der Waals surface area contributed by atoms with Crippen molar-refractivity contribution >= 4 is 28.1 Å². The van der Waals surface area contributed by atoms with Crippen LogP contribution in [-0.4, -0.2) is 40.7 Å². The zero-order valence-corrected chi connectivity index (χ0v) is 14.3. The quantitative estimate of drug-likeness (QED) is 0.682.